The molecule has 0 aromatic carbocycles. The molecule has 0 radical (unpaired) electrons. The average molecular weight is 257 g/mol. The van der Waals surface area contributed by atoms with Crippen molar-refractivity contribution in [2.75, 3.05) is 0 Å². The minimum atomic E-state index is 1.07. The van der Waals surface area contributed by atoms with Crippen molar-refractivity contribution in [1.29, 1.82) is 0 Å². The van der Waals surface area contributed by atoms with Crippen LogP contribution in [-0.4, -0.2) is 4.90 Å². The van der Waals surface area contributed by atoms with Crippen LogP contribution in [0.4, 0.5) is 0 Å². The first-order chi connectivity index (χ1) is 9.23. The number of allylic oxidation sites excluding steroid dienone is 5. The molecule has 0 aliphatic carbocycles. The lowest BCUT2D eigenvalue weighted by Gasteiger charge is -2.20. The zero-order valence-corrected chi connectivity index (χ0v) is 13.0. The van der Waals surface area contributed by atoms with Crippen LogP contribution >= 0.6 is 0 Å². The Hall–Kier alpha value is -1.68. The first-order valence-electron chi connectivity index (χ1n) is 7.17. The summed E-state index contributed by atoms with van der Waals surface area (Å²) in [5.41, 5.74) is 2.28. The molecule has 0 fully saturated rings. The summed E-state index contributed by atoms with van der Waals surface area (Å²) in [5.74, 6) is 6.01. The van der Waals surface area contributed by atoms with Crippen LogP contribution in [0.25, 0.3) is 0 Å². The summed E-state index contributed by atoms with van der Waals surface area (Å²) in [5, 5.41) is 0. The third-order valence-corrected chi connectivity index (χ3v) is 2.24. The molecule has 0 saturated carbocycles. The number of rotatable bonds is 3. The summed E-state index contributed by atoms with van der Waals surface area (Å²) >= 11 is 0. The lowest BCUT2D eigenvalue weighted by Crippen LogP contribution is -2.10. The van der Waals surface area contributed by atoms with Crippen LogP contribution in [0.15, 0.2) is 48.0 Å². The Morgan fingerprint density at radius 3 is 2.47 bits per heavy atom. The monoisotopic (exact) mass is 257 g/mol. The molecule has 0 amide bonds. The number of hydrogen-bond donors (Lipinski definition) is 0. The van der Waals surface area contributed by atoms with E-state index in [4.69, 9.17) is 0 Å². The number of hydrogen-bond acceptors (Lipinski definition) is 1. The van der Waals surface area contributed by atoms with Gasteiger partial charge in [0.2, 0.25) is 0 Å². The van der Waals surface area contributed by atoms with Crippen LogP contribution in [0.3, 0.4) is 0 Å². The molecule has 0 aromatic heterocycles. The summed E-state index contributed by atoms with van der Waals surface area (Å²) in [6, 6.07) is 0. The molecule has 0 aromatic rings. The quantitative estimate of drug-likeness (QED) is 0.612. The standard InChI is InChI=1S/C15H19N.C3H8/c1-4-7-9-15-13-14(8-5-2)10-12-16(15)11-6-3;1-3-2/h6,9-13H,4,7H2,1-3H3;3H2,1-2H3/b11-6-,15-9+;. The van der Waals surface area contributed by atoms with Gasteiger partial charge in [0.05, 0.1) is 0 Å². The minimum Gasteiger partial charge on any atom is -0.324 e. The third kappa shape index (κ3) is 7.36. The van der Waals surface area contributed by atoms with Gasteiger partial charge in [0.15, 0.2) is 0 Å². The first kappa shape index (κ1) is 17.3. The van der Waals surface area contributed by atoms with E-state index in [0.717, 1.165) is 12.0 Å². The van der Waals surface area contributed by atoms with Gasteiger partial charge in [-0.15, -0.1) is 5.92 Å². The lowest BCUT2D eigenvalue weighted by molar-refractivity contribution is 0.636. The first-order valence-corrected chi connectivity index (χ1v) is 7.17. The molecule has 0 saturated heterocycles. The molecule has 1 aliphatic rings. The molecule has 1 nitrogen and oxygen atoms in total. The van der Waals surface area contributed by atoms with Crippen LogP contribution in [0, 0.1) is 11.8 Å². The van der Waals surface area contributed by atoms with E-state index in [1.807, 2.05) is 26.0 Å². The van der Waals surface area contributed by atoms with Gasteiger partial charge in [-0.3, -0.25) is 0 Å². The Morgan fingerprint density at radius 2 is 1.95 bits per heavy atom. The van der Waals surface area contributed by atoms with Gasteiger partial charge in [0, 0.05) is 23.7 Å². The Morgan fingerprint density at radius 1 is 1.26 bits per heavy atom. The predicted octanol–water partition coefficient (Wildman–Crippen LogP) is 5.40. The van der Waals surface area contributed by atoms with Gasteiger partial charge in [-0.05, 0) is 32.4 Å². The van der Waals surface area contributed by atoms with Crippen LogP contribution in [0.2, 0.25) is 0 Å². The minimum absolute atomic E-state index is 1.07. The van der Waals surface area contributed by atoms with Crippen molar-refractivity contribution in [2.45, 2.75) is 53.9 Å². The van der Waals surface area contributed by atoms with Gasteiger partial charge in [-0.1, -0.05) is 51.7 Å². The van der Waals surface area contributed by atoms with E-state index in [9.17, 15) is 0 Å². The SMILES string of the molecule is CC#CC1=C/C(=C\CCC)N(/C=C\C)C=C1.CCC. The highest BCUT2D eigenvalue weighted by molar-refractivity contribution is 5.46. The van der Waals surface area contributed by atoms with E-state index in [0.29, 0.717) is 0 Å². The fourth-order valence-electron chi connectivity index (χ4n) is 1.50. The Labute approximate surface area is 119 Å². The normalized spacial score (nSPS) is 15.7. The highest BCUT2D eigenvalue weighted by Gasteiger charge is 2.05. The fraction of sp³-hybridized carbons (Fsp3) is 0.444. The van der Waals surface area contributed by atoms with E-state index in [1.165, 1.54) is 18.5 Å². The highest BCUT2D eigenvalue weighted by Crippen LogP contribution is 2.18. The molecular weight excluding hydrogens is 230 g/mol. The van der Waals surface area contributed by atoms with Crippen molar-refractivity contribution < 1.29 is 0 Å². The number of nitrogens with zero attached hydrogens (tertiary/aromatic N) is 1. The van der Waals surface area contributed by atoms with Gasteiger partial charge in [0.1, 0.15) is 0 Å². The second kappa shape index (κ2) is 11.4. The molecular formula is C18H27N. The summed E-state index contributed by atoms with van der Waals surface area (Å²) in [6.45, 7) is 10.3. The Bertz CT molecular complexity index is 411. The van der Waals surface area contributed by atoms with Gasteiger partial charge >= 0.3 is 0 Å². The van der Waals surface area contributed by atoms with Crippen LogP contribution < -0.4 is 0 Å². The van der Waals surface area contributed by atoms with E-state index in [-0.39, 0.29) is 0 Å². The second-order valence-corrected chi connectivity index (χ2v) is 4.30. The van der Waals surface area contributed by atoms with Gasteiger partial charge < -0.3 is 4.90 Å². The van der Waals surface area contributed by atoms with Crippen LogP contribution in [0.1, 0.15) is 53.9 Å². The smallest absolute Gasteiger partial charge is 0.0421 e. The highest BCUT2D eigenvalue weighted by atomic mass is 15.1. The maximum Gasteiger partial charge on any atom is 0.0421 e. The van der Waals surface area contributed by atoms with Gasteiger partial charge in [-0.2, -0.15) is 0 Å². The zero-order valence-electron chi connectivity index (χ0n) is 13.0. The number of unbranched alkanes of at least 4 members (excludes halogenated alkanes) is 1. The molecule has 1 aliphatic heterocycles. The van der Waals surface area contributed by atoms with Crippen molar-refractivity contribution in [3.05, 3.63) is 48.0 Å². The molecule has 104 valence electrons. The van der Waals surface area contributed by atoms with Crippen molar-refractivity contribution in [3.63, 3.8) is 0 Å². The molecule has 1 heterocycles. The molecule has 0 unspecified atom stereocenters. The van der Waals surface area contributed by atoms with Gasteiger partial charge in [-0.25, -0.2) is 0 Å². The molecule has 1 rings (SSSR count). The largest absolute Gasteiger partial charge is 0.324 e. The lowest BCUT2D eigenvalue weighted by atomic mass is 10.1. The fourth-order valence-corrected chi connectivity index (χ4v) is 1.50. The van der Waals surface area contributed by atoms with Crippen molar-refractivity contribution >= 4 is 0 Å². The molecule has 19 heavy (non-hydrogen) atoms. The van der Waals surface area contributed by atoms with E-state index in [2.05, 4.69) is 62.1 Å². The van der Waals surface area contributed by atoms with E-state index < -0.39 is 0 Å². The van der Waals surface area contributed by atoms with Crippen LogP contribution in [0.5, 0.6) is 0 Å². The summed E-state index contributed by atoms with van der Waals surface area (Å²) in [7, 11) is 0. The molecule has 1 heteroatoms. The van der Waals surface area contributed by atoms with Crippen molar-refractivity contribution in [2.24, 2.45) is 0 Å². The molecule has 0 atom stereocenters. The van der Waals surface area contributed by atoms with Crippen molar-refractivity contribution in [3.8, 4) is 11.8 Å². The van der Waals surface area contributed by atoms with Gasteiger partial charge in [0.25, 0.3) is 0 Å². The summed E-state index contributed by atoms with van der Waals surface area (Å²) in [6.07, 6.45) is 16.1. The topological polar surface area (TPSA) is 3.24 Å². The van der Waals surface area contributed by atoms with Crippen LogP contribution in [-0.2, 0) is 0 Å². The van der Waals surface area contributed by atoms with Crippen molar-refractivity contribution in [1.82, 2.24) is 4.90 Å². The molecule has 0 bridgehead atoms. The van der Waals surface area contributed by atoms with E-state index >= 15 is 0 Å². The maximum absolute atomic E-state index is 3.09. The maximum atomic E-state index is 3.09. The molecule has 0 N–H and O–H groups in total. The molecule has 0 spiro atoms. The Kier molecular flexibility index (Phi) is 10.4. The predicted molar refractivity (Wildman–Crippen MR) is 86.3 cm³/mol. The summed E-state index contributed by atoms with van der Waals surface area (Å²) < 4.78 is 0. The third-order valence-electron chi connectivity index (χ3n) is 2.24. The Balaban J connectivity index is 0.000000982. The second-order valence-electron chi connectivity index (χ2n) is 4.30. The van der Waals surface area contributed by atoms with E-state index in [1.54, 1.807) is 0 Å². The average Bonchev–Trinajstić information content (AvgIpc) is 2.40. The zero-order chi connectivity index (χ0) is 14.5. The summed E-state index contributed by atoms with van der Waals surface area (Å²) in [4.78, 5) is 2.12.